The standard InChI is InChI=1S/C20H19N3O5/c1-26-17-9-5-7-14(20(17)27-2)10-11-18(24)22-23-19(25)13-28-16-8-4-3-6-15(16)12-21/h3-11H,13H2,1-2H3,(H,22,24)(H,23,25)/b11-10+. The lowest BCUT2D eigenvalue weighted by atomic mass is 10.1. The van der Waals surface area contributed by atoms with Crippen molar-refractivity contribution in [3.05, 3.63) is 59.7 Å². The Balaban J connectivity index is 1.86. The second kappa shape index (κ2) is 10.2. The summed E-state index contributed by atoms with van der Waals surface area (Å²) in [6.45, 7) is -0.355. The molecule has 0 saturated carbocycles. The van der Waals surface area contributed by atoms with Crippen LogP contribution in [0.2, 0.25) is 0 Å². The number of amides is 2. The van der Waals surface area contributed by atoms with Crippen LogP contribution in [0.25, 0.3) is 6.08 Å². The highest BCUT2D eigenvalue weighted by Gasteiger charge is 2.09. The van der Waals surface area contributed by atoms with E-state index in [0.717, 1.165) is 0 Å². The van der Waals surface area contributed by atoms with Crippen LogP contribution in [-0.4, -0.2) is 32.6 Å². The molecule has 0 aromatic heterocycles. The number of hydrazine groups is 1. The summed E-state index contributed by atoms with van der Waals surface area (Å²) in [4.78, 5) is 23.7. The first-order chi connectivity index (χ1) is 13.6. The predicted molar refractivity (Wildman–Crippen MR) is 102 cm³/mol. The molecular formula is C20H19N3O5. The van der Waals surface area contributed by atoms with Crippen LogP contribution in [0.4, 0.5) is 0 Å². The van der Waals surface area contributed by atoms with Gasteiger partial charge in [-0.15, -0.1) is 0 Å². The van der Waals surface area contributed by atoms with Gasteiger partial charge in [0.25, 0.3) is 11.8 Å². The molecule has 2 aromatic carbocycles. The number of carbonyl (C=O) groups excluding carboxylic acids is 2. The van der Waals surface area contributed by atoms with Crippen LogP contribution in [0.5, 0.6) is 17.2 Å². The third kappa shape index (κ3) is 5.51. The van der Waals surface area contributed by atoms with Crippen molar-refractivity contribution in [2.24, 2.45) is 0 Å². The Morgan fingerprint density at radius 3 is 2.50 bits per heavy atom. The molecule has 0 atom stereocenters. The molecule has 0 radical (unpaired) electrons. The minimum absolute atomic E-state index is 0.288. The van der Waals surface area contributed by atoms with Gasteiger partial charge in [-0.3, -0.25) is 20.4 Å². The van der Waals surface area contributed by atoms with Gasteiger partial charge in [-0.1, -0.05) is 24.3 Å². The molecule has 2 amide bonds. The molecule has 0 saturated heterocycles. The number of benzene rings is 2. The second-order valence-corrected chi connectivity index (χ2v) is 5.35. The molecule has 8 heteroatoms. The fourth-order valence-electron chi connectivity index (χ4n) is 2.25. The molecule has 0 heterocycles. The molecule has 0 aliphatic heterocycles. The summed E-state index contributed by atoms with van der Waals surface area (Å²) in [6.07, 6.45) is 2.77. The van der Waals surface area contributed by atoms with Crippen molar-refractivity contribution in [2.45, 2.75) is 0 Å². The number of nitriles is 1. The topological polar surface area (TPSA) is 110 Å². The number of hydrogen-bond donors (Lipinski definition) is 2. The molecule has 0 aliphatic carbocycles. The molecule has 2 rings (SSSR count). The highest BCUT2D eigenvalue weighted by Crippen LogP contribution is 2.31. The Morgan fingerprint density at radius 2 is 1.79 bits per heavy atom. The van der Waals surface area contributed by atoms with Crippen molar-refractivity contribution < 1.29 is 23.8 Å². The first kappa shape index (κ1) is 20.3. The minimum Gasteiger partial charge on any atom is -0.493 e. The summed E-state index contributed by atoms with van der Waals surface area (Å²) in [7, 11) is 3.02. The molecule has 8 nitrogen and oxygen atoms in total. The van der Waals surface area contributed by atoms with Gasteiger partial charge in [0, 0.05) is 11.6 Å². The van der Waals surface area contributed by atoms with Crippen molar-refractivity contribution in [2.75, 3.05) is 20.8 Å². The average Bonchev–Trinajstić information content (AvgIpc) is 2.74. The monoisotopic (exact) mass is 381 g/mol. The lowest BCUT2D eigenvalue weighted by Crippen LogP contribution is -2.43. The summed E-state index contributed by atoms with van der Waals surface area (Å²) in [5, 5.41) is 8.97. The molecule has 0 unspecified atom stereocenters. The largest absolute Gasteiger partial charge is 0.493 e. The van der Waals surface area contributed by atoms with E-state index in [2.05, 4.69) is 10.9 Å². The zero-order chi connectivity index (χ0) is 20.4. The van der Waals surface area contributed by atoms with E-state index in [1.54, 1.807) is 42.5 Å². The lowest BCUT2D eigenvalue weighted by Gasteiger charge is -2.10. The van der Waals surface area contributed by atoms with Crippen molar-refractivity contribution >= 4 is 17.9 Å². The number of rotatable bonds is 7. The van der Waals surface area contributed by atoms with Gasteiger partial charge in [0.05, 0.1) is 19.8 Å². The van der Waals surface area contributed by atoms with Crippen LogP contribution >= 0.6 is 0 Å². The summed E-state index contributed by atoms with van der Waals surface area (Å²) in [6, 6.07) is 13.7. The van der Waals surface area contributed by atoms with Crippen molar-refractivity contribution in [1.82, 2.24) is 10.9 Å². The Kier molecular flexibility index (Phi) is 7.43. The van der Waals surface area contributed by atoms with Gasteiger partial charge < -0.3 is 14.2 Å². The maximum absolute atomic E-state index is 11.9. The van der Waals surface area contributed by atoms with E-state index in [1.165, 1.54) is 26.4 Å². The molecule has 0 fully saturated rings. The fourth-order valence-corrected chi connectivity index (χ4v) is 2.25. The predicted octanol–water partition coefficient (Wildman–Crippen LogP) is 1.82. The van der Waals surface area contributed by atoms with E-state index in [9.17, 15) is 9.59 Å². The number of para-hydroxylation sites is 2. The molecule has 2 aromatic rings. The minimum atomic E-state index is -0.576. The number of hydrogen-bond acceptors (Lipinski definition) is 6. The first-order valence-corrected chi connectivity index (χ1v) is 8.19. The Bertz CT molecular complexity index is 918. The average molecular weight is 381 g/mol. The maximum Gasteiger partial charge on any atom is 0.276 e. The van der Waals surface area contributed by atoms with Gasteiger partial charge in [0.1, 0.15) is 11.8 Å². The number of ether oxygens (including phenoxy) is 3. The van der Waals surface area contributed by atoms with Crippen LogP contribution in [0.1, 0.15) is 11.1 Å². The molecule has 28 heavy (non-hydrogen) atoms. The third-order valence-electron chi connectivity index (χ3n) is 3.54. The Hall–Kier alpha value is -3.99. The van der Waals surface area contributed by atoms with Crippen LogP contribution in [0.3, 0.4) is 0 Å². The van der Waals surface area contributed by atoms with E-state index in [-0.39, 0.29) is 12.4 Å². The molecule has 0 aliphatic rings. The fraction of sp³-hybridized carbons (Fsp3) is 0.150. The van der Waals surface area contributed by atoms with E-state index in [1.807, 2.05) is 6.07 Å². The van der Waals surface area contributed by atoms with Gasteiger partial charge in [-0.05, 0) is 24.3 Å². The van der Waals surface area contributed by atoms with Gasteiger partial charge in [0.2, 0.25) is 0 Å². The first-order valence-electron chi connectivity index (χ1n) is 8.19. The molecular weight excluding hydrogens is 362 g/mol. The van der Waals surface area contributed by atoms with Crippen LogP contribution < -0.4 is 25.1 Å². The molecule has 0 spiro atoms. The van der Waals surface area contributed by atoms with Crippen LogP contribution in [0, 0.1) is 11.3 Å². The van der Waals surface area contributed by atoms with Gasteiger partial charge in [0.15, 0.2) is 18.1 Å². The lowest BCUT2D eigenvalue weighted by molar-refractivity contribution is -0.128. The smallest absolute Gasteiger partial charge is 0.276 e. The third-order valence-corrected chi connectivity index (χ3v) is 3.54. The Morgan fingerprint density at radius 1 is 1.04 bits per heavy atom. The van der Waals surface area contributed by atoms with Crippen molar-refractivity contribution in [3.8, 4) is 23.3 Å². The van der Waals surface area contributed by atoms with Gasteiger partial charge in [-0.2, -0.15) is 5.26 Å². The van der Waals surface area contributed by atoms with Gasteiger partial charge in [-0.25, -0.2) is 0 Å². The SMILES string of the molecule is COc1cccc(/C=C/C(=O)NNC(=O)COc2ccccc2C#N)c1OC. The van der Waals surface area contributed by atoms with Crippen molar-refractivity contribution in [1.29, 1.82) is 5.26 Å². The molecule has 0 bridgehead atoms. The quantitative estimate of drug-likeness (QED) is 0.559. The van der Waals surface area contributed by atoms with E-state index >= 15 is 0 Å². The van der Waals surface area contributed by atoms with Crippen molar-refractivity contribution in [3.63, 3.8) is 0 Å². The summed E-state index contributed by atoms with van der Waals surface area (Å²) >= 11 is 0. The number of nitrogens with one attached hydrogen (secondary N) is 2. The summed E-state index contributed by atoms with van der Waals surface area (Å²) in [5.74, 6) is 0.191. The van der Waals surface area contributed by atoms with Gasteiger partial charge >= 0.3 is 0 Å². The normalized spacial score (nSPS) is 10.0. The molecule has 2 N–H and O–H groups in total. The van der Waals surface area contributed by atoms with Crippen LogP contribution in [0.15, 0.2) is 48.5 Å². The number of methoxy groups -OCH3 is 2. The number of carbonyl (C=O) groups is 2. The zero-order valence-corrected chi connectivity index (χ0v) is 15.4. The number of nitrogens with zero attached hydrogens (tertiary/aromatic N) is 1. The van der Waals surface area contributed by atoms with Crippen LogP contribution in [-0.2, 0) is 9.59 Å². The van der Waals surface area contributed by atoms with E-state index in [4.69, 9.17) is 19.5 Å². The zero-order valence-electron chi connectivity index (χ0n) is 15.4. The summed E-state index contributed by atoms with van der Waals surface area (Å²) < 4.78 is 15.7. The van der Waals surface area contributed by atoms with E-state index in [0.29, 0.717) is 22.6 Å². The Labute approximate surface area is 162 Å². The summed E-state index contributed by atoms with van der Waals surface area (Å²) in [5.41, 5.74) is 5.42. The highest BCUT2D eigenvalue weighted by atomic mass is 16.5. The van der Waals surface area contributed by atoms with E-state index < -0.39 is 11.8 Å². The molecule has 144 valence electrons. The highest BCUT2D eigenvalue weighted by molar-refractivity contribution is 5.93. The maximum atomic E-state index is 11.9. The second-order valence-electron chi connectivity index (χ2n) is 5.35.